The molecule has 1 aromatic carbocycles. The molecule has 0 radical (unpaired) electrons. The van der Waals surface area contributed by atoms with Crippen molar-refractivity contribution in [1.82, 2.24) is 24.2 Å². The Morgan fingerprint density at radius 3 is 2.55 bits per heavy atom. The number of nitrogens with zero attached hydrogens (tertiary/aromatic N) is 5. The van der Waals surface area contributed by atoms with E-state index >= 15 is 0 Å². The first-order valence-corrected chi connectivity index (χ1v) is 11.7. The first kappa shape index (κ1) is 21.8. The fourth-order valence-electron chi connectivity index (χ4n) is 4.07. The average Bonchev–Trinajstić information content (AvgIpc) is 3.32. The Morgan fingerprint density at radius 1 is 1.13 bits per heavy atom. The molecule has 0 saturated carbocycles. The van der Waals surface area contributed by atoms with Crippen LogP contribution in [-0.2, 0) is 17.8 Å². The topological polar surface area (TPSA) is 65.2 Å². The van der Waals surface area contributed by atoms with Gasteiger partial charge in [0.05, 0.1) is 25.5 Å². The molecule has 0 N–H and O–H groups in total. The summed E-state index contributed by atoms with van der Waals surface area (Å²) in [6.45, 7) is 11.0. The van der Waals surface area contributed by atoms with E-state index in [1.54, 1.807) is 0 Å². The van der Waals surface area contributed by atoms with Crippen LogP contribution in [0.25, 0.3) is 5.69 Å². The van der Waals surface area contributed by atoms with E-state index in [2.05, 4.69) is 31.2 Å². The second kappa shape index (κ2) is 9.80. The predicted octanol–water partition coefficient (Wildman–Crippen LogP) is 3.51. The van der Waals surface area contributed by atoms with E-state index in [1.165, 1.54) is 11.8 Å². The Kier molecular flexibility index (Phi) is 6.89. The molecule has 1 fully saturated rings. The van der Waals surface area contributed by atoms with Crippen molar-refractivity contribution in [3.05, 3.63) is 59.2 Å². The minimum absolute atomic E-state index is 0.121. The van der Waals surface area contributed by atoms with Gasteiger partial charge in [0, 0.05) is 42.3 Å². The van der Waals surface area contributed by atoms with Crippen molar-refractivity contribution in [2.24, 2.45) is 0 Å². The van der Waals surface area contributed by atoms with Crippen molar-refractivity contribution in [3.8, 4) is 5.69 Å². The number of ketones is 1. The Bertz CT molecular complexity index is 1040. The SMILES string of the molecule is CCn1c(C)cc(C(=O)CSc2nnc(CN3CCOCC3)n2-c2ccccc2)c1C. The largest absolute Gasteiger partial charge is 0.379 e. The molecule has 0 spiro atoms. The van der Waals surface area contributed by atoms with Crippen LogP contribution in [0.4, 0.5) is 0 Å². The number of rotatable bonds is 8. The number of aryl methyl sites for hydroxylation is 1. The quantitative estimate of drug-likeness (QED) is 0.395. The fraction of sp³-hybridized carbons (Fsp3) is 0.435. The minimum atomic E-state index is 0.121. The standard InChI is InChI=1S/C23H29N5O2S/c1-4-27-17(2)14-20(18(27)3)21(29)16-31-23-25-24-22(15-26-10-12-30-13-11-26)28(23)19-8-6-5-7-9-19/h5-9,14H,4,10-13,15-16H2,1-3H3. The predicted molar refractivity (Wildman–Crippen MR) is 122 cm³/mol. The first-order valence-electron chi connectivity index (χ1n) is 10.7. The van der Waals surface area contributed by atoms with Gasteiger partial charge in [0.25, 0.3) is 0 Å². The van der Waals surface area contributed by atoms with Gasteiger partial charge in [0.2, 0.25) is 0 Å². The lowest BCUT2D eigenvalue weighted by atomic mass is 10.2. The van der Waals surface area contributed by atoms with Gasteiger partial charge in [-0.2, -0.15) is 0 Å². The van der Waals surface area contributed by atoms with Crippen LogP contribution >= 0.6 is 11.8 Å². The molecule has 0 atom stereocenters. The Hall–Kier alpha value is -2.42. The molecule has 0 aliphatic carbocycles. The molecule has 8 heteroatoms. The van der Waals surface area contributed by atoms with Gasteiger partial charge in [-0.15, -0.1) is 10.2 Å². The maximum atomic E-state index is 13.0. The molecule has 1 aliphatic rings. The highest BCUT2D eigenvalue weighted by atomic mass is 32.2. The number of aromatic nitrogens is 4. The third kappa shape index (κ3) is 4.76. The molecule has 3 aromatic rings. The minimum Gasteiger partial charge on any atom is -0.379 e. The van der Waals surface area contributed by atoms with E-state index in [0.29, 0.717) is 12.3 Å². The van der Waals surface area contributed by atoms with E-state index in [4.69, 9.17) is 4.74 Å². The summed E-state index contributed by atoms with van der Waals surface area (Å²) in [7, 11) is 0. The van der Waals surface area contributed by atoms with Gasteiger partial charge in [0.1, 0.15) is 0 Å². The van der Waals surface area contributed by atoms with Gasteiger partial charge in [-0.3, -0.25) is 14.3 Å². The summed E-state index contributed by atoms with van der Waals surface area (Å²) in [4.78, 5) is 15.3. The summed E-state index contributed by atoms with van der Waals surface area (Å²) >= 11 is 1.45. The number of Topliss-reactive ketones (excluding diaryl/α,β-unsaturated/α-hetero) is 1. The Morgan fingerprint density at radius 2 is 1.87 bits per heavy atom. The summed E-state index contributed by atoms with van der Waals surface area (Å²) in [6, 6.07) is 12.1. The van der Waals surface area contributed by atoms with Gasteiger partial charge >= 0.3 is 0 Å². The lowest BCUT2D eigenvalue weighted by Crippen LogP contribution is -2.36. The third-order valence-corrected chi connectivity index (χ3v) is 6.64. The third-order valence-electron chi connectivity index (χ3n) is 5.71. The van der Waals surface area contributed by atoms with E-state index in [9.17, 15) is 4.79 Å². The molecular weight excluding hydrogens is 410 g/mol. The Labute approximate surface area is 187 Å². The van der Waals surface area contributed by atoms with E-state index in [0.717, 1.165) is 66.5 Å². The van der Waals surface area contributed by atoms with Crippen molar-refractivity contribution < 1.29 is 9.53 Å². The Balaban J connectivity index is 1.56. The maximum Gasteiger partial charge on any atom is 0.196 e. The van der Waals surface area contributed by atoms with Crippen molar-refractivity contribution in [2.45, 2.75) is 39.0 Å². The van der Waals surface area contributed by atoms with E-state index in [1.807, 2.05) is 50.2 Å². The molecule has 3 heterocycles. The average molecular weight is 440 g/mol. The number of para-hydroxylation sites is 1. The monoisotopic (exact) mass is 439 g/mol. The second-order valence-electron chi connectivity index (χ2n) is 7.70. The molecule has 31 heavy (non-hydrogen) atoms. The molecule has 4 rings (SSSR count). The molecule has 0 amide bonds. The molecule has 7 nitrogen and oxygen atoms in total. The van der Waals surface area contributed by atoms with Gasteiger partial charge < -0.3 is 9.30 Å². The highest BCUT2D eigenvalue weighted by Crippen LogP contribution is 2.25. The number of hydrogen-bond donors (Lipinski definition) is 0. The summed E-state index contributed by atoms with van der Waals surface area (Å²) in [6.07, 6.45) is 0. The zero-order chi connectivity index (χ0) is 21.8. The van der Waals surface area contributed by atoms with Crippen LogP contribution in [0.5, 0.6) is 0 Å². The maximum absolute atomic E-state index is 13.0. The van der Waals surface area contributed by atoms with Crippen LogP contribution in [0.2, 0.25) is 0 Å². The number of benzene rings is 1. The van der Waals surface area contributed by atoms with Crippen molar-refractivity contribution in [2.75, 3.05) is 32.1 Å². The second-order valence-corrected chi connectivity index (χ2v) is 8.64. The van der Waals surface area contributed by atoms with Gasteiger partial charge in [-0.25, -0.2) is 0 Å². The smallest absolute Gasteiger partial charge is 0.196 e. The lowest BCUT2D eigenvalue weighted by Gasteiger charge is -2.26. The number of hydrogen-bond acceptors (Lipinski definition) is 6. The highest BCUT2D eigenvalue weighted by Gasteiger charge is 2.21. The molecule has 2 aromatic heterocycles. The number of ether oxygens (including phenoxy) is 1. The van der Waals surface area contributed by atoms with Crippen LogP contribution in [0.15, 0.2) is 41.6 Å². The fourth-order valence-corrected chi connectivity index (χ4v) is 4.92. The number of morpholine rings is 1. The highest BCUT2D eigenvalue weighted by molar-refractivity contribution is 7.99. The molecule has 164 valence electrons. The molecule has 1 saturated heterocycles. The molecule has 0 bridgehead atoms. The molecular formula is C23H29N5O2S. The van der Waals surface area contributed by atoms with Crippen LogP contribution in [0, 0.1) is 13.8 Å². The van der Waals surface area contributed by atoms with Crippen LogP contribution < -0.4 is 0 Å². The van der Waals surface area contributed by atoms with Crippen molar-refractivity contribution >= 4 is 17.5 Å². The zero-order valence-corrected chi connectivity index (χ0v) is 19.2. The summed E-state index contributed by atoms with van der Waals surface area (Å²) in [5, 5.41) is 9.67. The number of carbonyl (C=O) groups excluding carboxylic acids is 1. The molecule has 0 unspecified atom stereocenters. The first-order chi connectivity index (χ1) is 15.1. The summed E-state index contributed by atoms with van der Waals surface area (Å²) < 4.78 is 9.71. The zero-order valence-electron chi connectivity index (χ0n) is 18.4. The van der Waals surface area contributed by atoms with Gasteiger partial charge in [0.15, 0.2) is 16.8 Å². The van der Waals surface area contributed by atoms with E-state index in [-0.39, 0.29) is 5.78 Å². The normalized spacial score (nSPS) is 14.8. The summed E-state index contributed by atoms with van der Waals surface area (Å²) in [5.41, 5.74) is 3.96. The van der Waals surface area contributed by atoms with Crippen LogP contribution in [0.3, 0.4) is 0 Å². The van der Waals surface area contributed by atoms with Crippen LogP contribution in [0.1, 0.15) is 34.5 Å². The van der Waals surface area contributed by atoms with Crippen molar-refractivity contribution in [1.29, 1.82) is 0 Å². The number of thioether (sulfide) groups is 1. The van der Waals surface area contributed by atoms with Gasteiger partial charge in [-0.1, -0.05) is 30.0 Å². The lowest BCUT2D eigenvalue weighted by molar-refractivity contribution is 0.0328. The van der Waals surface area contributed by atoms with E-state index < -0.39 is 0 Å². The van der Waals surface area contributed by atoms with Gasteiger partial charge in [-0.05, 0) is 39.0 Å². The van der Waals surface area contributed by atoms with Crippen molar-refractivity contribution in [3.63, 3.8) is 0 Å². The molecule has 1 aliphatic heterocycles. The summed E-state index contributed by atoms with van der Waals surface area (Å²) in [5.74, 6) is 1.33. The number of carbonyl (C=O) groups is 1. The van der Waals surface area contributed by atoms with Crippen LogP contribution in [-0.4, -0.2) is 62.1 Å².